The van der Waals surface area contributed by atoms with Crippen molar-refractivity contribution in [3.63, 3.8) is 0 Å². The van der Waals surface area contributed by atoms with Gasteiger partial charge >= 0.3 is 6.98 Å². The Balaban J connectivity index is 3.00. The van der Waals surface area contributed by atoms with E-state index in [4.69, 9.17) is 0 Å². The Kier molecular flexibility index (Phi) is 2.28. The van der Waals surface area contributed by atoms with Crippen LogP contribution in [0.2, 0.25) is 0 Å². The quantitative estimate of drug-likeness (QED) is 0.518. The number of Topliss-reactive ketones (excluding diaryl/α,β-unsaturated/α-hetero) is 1. The molecular weight excluding hydrogens is 188 g/mol. The molecule has 1 aromatic rings. The molecule has 0 spiro atoms. The molecule has 0 amide bonds. The predicted octanol–water partition coefficient (Wildman–Crippen LogP) is 2.01. The van der Waals surface area contributed by atoms with Crippen LogP contribution >= 0.6 is 11.3 Å². The first-order chi connectivity index (χ1) is 5.41. The fraction of sp³-hybridized carbons (Fsp3) is 0.167. The van der Waals surface area contributed by atoms with Gasteiger partial charge in [-0.3, -0.25) is 4.79 Å². The molecule has 0 atom stereocenters. The Morgan fingerprint density at radius 2 is 2.00 bits per heavy atom. The van der Waals surface area contributed by atoms with Crippen LogP contribution in [0.4, 0.5) is 12.9 Å². The largest absolute Gasteiger partial charge is 0.519 e. The summed E-state index contributed by atoms with van der Waals surface area (Å²) in [6.07, 6.45) is 0. The average Bonchev–Trinajstić information content (AvgIpc) is 2.30. The minimum atomic E-state index is -4.95. The van der Waals surface area contributed by atoms with E-state index in [2.05, 4.69) is 0 Å². The Bertz CT molecular complexity index is 304. The van der Waals surface area contributed by atoms with Crippen molar-refractivity contribution in [3.8, 4) is 0 Å². The van der Waals surface area contributed by atoms with Gasteiger partial charge in [-0.1, -0.05) is 10.8 Å². The highest BCUT2D eigenvalue weighted by Gasteiger charge is 2.27. The Morgan fingerprint density at radius 1 is 1.42 bits per heavy atom. The van der Waals surface area contributed by atoms with Gasteiger partial charge in [-0.15, -0.1) is 0 Å². The lowest BCUT2D eigenvalue weighted by Gasteiger charge is -2.09. The maximum atomic E-state index is 12.0. The molecule has 1 nitrogen and oxygen atoms in total. The van der Waals surface area contributed by atoms with Gasteiger partial charge in [0.05, 0.1) is 4.88 Å². The van der Waals surface area contributed by atoms with Crippen molar-refractivity contribution in [3.05, 3.63) is 17.0 Å². The summed E-state index contributed by atoms with van der Waals surface area (Å²) in [4.78, 5) is 10.8. The third-order valence-electron chi connectivity index (χ3n) is 1.30. The van der Waals surface area contributed by atoms with Crippen LogP contribution in [0.25, 0.3) is 0 Å². The number of hydrogen-bond donors (Lipinski definition) is 0. The lowest BCUT2D eigenvalue weighted by Crippen LogP contribution is -2.30. The first-order valence-corrected chi connectivity index (χ1v) is 4.03. The lowest BCUT2D eigenvalue weighted by molar-refractivity contribution is 0.102. The summed E-state index contributed by atoms with van der Waals surface area (Å²) in [7, 11) is 0. The molecule has 0 bridgehead atoms. The Hall–Kier alpha value is -0.775. The van der Waals surface area contributed by atoms with Gasteiger partial charge in [-0.25, -0.2) is 0 Å². The van der Waals surface area contributed by atoms with E-state index < -0.39 is 11.8 Å². The van der Waals surface area contributed by atoms with Crippen LogP contribution in [0.3, 0.4) is 0 Å². The van der Waals surface area contributed by atoms with Crippen LogP contribution in [0.15, 0.2) is 12.1 Å². The molecule has 0 radical (unpaired) electrons. The molecule has 0 N–H and O–H groups in total. The van der Waals surface area contributed by atoms with Gasteiger partial charge in [0.1, 0.15) is 0 Å². The second kappa shape index (κ2) is 2.93. The standard InChI is InChI=1S/C6H5BF3OS/c1-4(11)5-2-3-6(12-5)7(8,9)10/h2-3H,1H3/q-1. The van der Waals surface area contributed by atoms with E-state index in [1.807, 2.05) is 0 Å². The van der Waals surface area contributed by atoms with Gasteiger partial charge in [-0.05, 0) is 13.0 Å². The summed E-state index contributed by atoms with van der Waals surface area (Å²) < 4.78 is 35.4. The number of carbonyl (C=O) groups excluding carboxylic acids is 1. The SMILES string of the molecule is CC(=O)c1ccc([B-](F)(F)F)s1. The van der Waals surface area contributed by atoms with E-state index in [1.54, 1.807) is 0 Å². The van der Waals surface area contributed by atoms with E-state index >= 15 is 0 Å². The highest BCUT2D eigenvalue weighted by atomic mass is 32.1. The summed E-state index contributed by atoms with van der Waals surface area (Å²) >= 11 is 0.501. The molecule has 1 aromatic heterocycles. The number of ketones is 1. The summed E-state index contributed by atoms with van der Waals surface area (Å²) in [5.74, 6) is -0.327. The fourth-order valence-corrected chi connectivity index (χ4v) is 1.52. The highest BCUT2D eigenvalue weighted by molar-refractivity contribution is 7.25. The zero-order valence-corrected chi connectivity index (χ0v) is 7.00. The molecule has 66 valence electrons. The molecule has 0 aliphatic heterocycles. The second-order valence-electron chi connectivity index (χ2n) is 2.33. The van der Waals surface area contributed by atoms with Crippen molar-refractivity contribution in [2.24, 2.45) is 0 Å². The van der Waals surface area contributed by atoms with Gasteiger partial charge in [0.2, 0.25) is 0 Å². The van der Waals surface area contributed by atoms with Gasteiger partial charge in [0.25, 0.3) is 0 Å². The first kappa shape index (κ1) is 9.31. The first-order valence-electron chi connectivity index (χ1n) is 3.22. The van der Waals surface area contributed by atoms with Gasteiger partial charge in [0.15, 0.2) is 5.78 Å². The zero-order chi connectivity index (χ0) is 9.35. The van der Waals surface area contributed by atoms with Crippen molar-refractivity contribution in [1.82, 2.24) is 0 Å². The second-order valence-corrected chi connectivity index (χ2v) is 3.45. The monoisotopic (exact) mass is 193 g/mol. The summed E-state index contributed by atoms with van der Waals surface area (Å²) in [6, 6.07) is 2.15. The van der Waals surface area contributed by atoms with Gasteiger partial charge in [-0.2, -0.15) is 11.3 Å². The number of thiophene rings is 1. The molecule has 12 heavy (non-hydrogen) atoms. The summed E-state index contributed by atoms with van der Waals surface area (Å²) in [5.41, 5.74) is 0. The molecule has 0 saturated heterocycles. The van der Waals surface area contributed by atoms with Crippen molar-refractivity contribution < 1.29 is 17.7 Å². The van der Waals surface area contributed by atoms with E-state index in [-0.39, 0.29) is 10.7 Å². The van der Waals surface area contributed by atoms with E-state index in [1.165, 1.54) is 13.0 Å². The molecule has 6 heteroatoms. The highest BCUT2D eigenvalue weighted by Crippen LogP contribution is 2.16. The predicted molar refractivity (Wildman–Crippen MR) is 43.0 cm³/mol. The number of carbonyl (C=O) groups is 1. The van der Waals surface area contributed by atoms with Gasteiger partial charge < -0.3 is 12.9 Å². The summed E-state index contributed by atoms with van der Waals surface area (Å²) in [6.45, 7) is -3.70. The normalized spacial score (nSPS) is 11.7. The van der Waals surface area contributed by atoms with E-state index in [0.717, 1.165) is 6.07 Å². The van der Waals surface area contributed by atoms with E-state index in [9.17, 15) is 17.7 Å². The summed E-state index contributed by atoms with van der Waals surface area (Å²) in [5, 5.41) is 0. The maximum absolute atomic E-state index is 12.0. The molecule has 1 rings (SSSR count). The molecule has 0 aliphatic rings. The Labute approximate surface area is 71.3 Å². The van der Waals surface area contributed by atoms with Gasteiger partial charge in [0, 0.05) is 0 Å². The van der Waals surface area contributed by atoms with Crippen molar-refractivity contribution >= 4 is 28.9 Å². The number of rotatable bonds is 2. The number of hydrogen-bond acceptors (Lipinski definition) is 2. The smallest absolute Gasteiger partial charge is 0.444 e. The van der Waals surface area contributed by atoms with Crippen LogP contribution in [0.5, 0.6) is 0 Å². The van der Waals surface area contributed by atoms with Crippen LogP contribution < -0.4 is 4.78 Å². The average molecular weight is 193 g/mol. The van der Waals surface area contributed by atoms with Crippen LogP contribution in [-0.4, -0.2) is 12.8 Å². The fourth-order valence-electron chi connectivity index (χ4n) is 0.718. The molecule has 0 aromatic carbocycles. The number of halogens is 3. The van der Waals surface area contributed by atoms with Crippen molar-refractivity contribution in [2.45, 2.75) is 6.92 Å². The van der Waals surface area contributed by atoms with Crippen LogP contribution in [-0.2, 0) is 0 Å². The van der Waals surface area contributed by atoms with Crippen LogP contribution in [0, 0.1) is 0 Å². The third-order valence-corrected chi connectivity index (χ3v) is 2.58. The topological polar surface area (TPSA) is 17.1 Å². The molecule has 0 fully saturated rings. The lowest BCUT2D eigenvalue weighted by atomic mass is 9.90. The molecular formula is C6H5BF3OS-. The van der Waals surface area contributed by atoms with Crippen molar-refractivity contribution in [1.29, 1.82) is 0 Å². The molecule has 1 heterocycles. The zero-order valence-electron chi connectivity index (χ0n) is 6.18. The minimum absolute atomic E-state index is 0.157. The molecule has 0 aliphatic carbocycles. The molecule has 0 unspecified atom stereocenters. The Morgan fingerprint density at radius 3 is 2.25 bits per heavy atom. The van der Waals surface area contributed by atoms with E-state index in [0.29, 0.717) is 11.3 Å². The minimum Gasteiger partial charge on any atom is -0.444 e. The molecule has 0 saturated carbocycles. The van der Waals surface area contributed by atoms with Crippen molar-refractivity contribution in [2.75, 3.05) is 0 Å². The maximum Gasteiger partial charge on any atom is 0.519 e. The third kappa shape index (κ3) is 1.88. The van der Waals surface area contributed by atoms with Crippen LogP contribution in [0.1, 0.15) is 16.6 Å².